The van der Waals surface area contributed by atoms with Crippen molar-refractivity contribution >= 4 is 10.0 Å². The monoisotopic (exact) mass is 308 g/mol. The molecular formula is C15H20N2O3S. The zero-order valence-corrected chi connectivity index (χ0v) is 13.5. The average molecular weight is 308 g/mol. The molecule has 0 aliphatic heterocycles. The van der Waals surface area contributed by atoms with Crippen molar-refractivity contribution in [3.63, 3.8) is 0 Å². The first-order valence-corrected chi connectivity index (χ1v) is 8.37. The third-order valence-corrected chi connectivity index (χ3v) is 5.08. The lowest BCUT2D eigenvalue weighted by atomic mass is 10.1. The fraction of sp³-hybridized carbons (Fsp3) is 0.400. The third kappa shape index (κ3) is 3.51. The maximum Gasteiger partial charge on any atom is 0.241 e. The first kappa shape index (κ1) is 15.7. The Morgan fingerprint density at radius 1 is 1.33 bits per heavy atom. The zero-order chi connectivity index (χ0) is 15.6. The third-order valence-electron chi connectivity index (χ3n) is 3.35. The van der Waals surface area contributed by atoms with Gasteiger partial charge in [-0.3, -0.25) is 0 Å². The van der Waals surface area contributed by atoms with Gasteiger partial charge < -0.3 is 4.42 Å². The molecule has 1 N–H and O–H groups in total. The minimum absolute atomic E-state index is 0.106. The Bertz CT molecular complexity index is 735. The summed E-state index contributed by atoms with van der Waals surface area (Å²) < 4.78 is 33.0. The highest BCUT2D eigenvalue weighted by atomic mass is 32.2. The Morgan fingerprint density at radius 3 is 2.62 bits per heavy atom. The molecule has 0 saturated heterocycles. The van der Waals surface area contributed by atoms with Crippen LogP contribution < -0.4 is 4.72 Å². The van der Waals surface area contributed by atoms with E-state index in [0.717, 1.165) is 6.42 Å². The molecule has 1 aromatic carbocycles. The van der Waals surface area contributed by atoms with Crippen molar-refractivity contribution in [1.82, 2.24) is 9.71 Å². The van der Waals surface area contributed by atoms with Crippen LogP contribution in [-0.2, 0) is 10.0 Å². The van der Waals surface area contributed by atoms with Crippen LogP contribution in [0.25, 0.3) is 11.3 Å². The molecule has 0 radical (unpaired) electrons. The molecular weight excluding hydrogens is 288 g/mol. The molecule has 0 unspecified atom stereocenters. The molecule has 6 heteroatoms. The predicted octanol–water partition coefficient (Wildman–Crippen LogP) is 3.04. The number of aryl methyl sites for hydroxylation is 2. The van der Waals surface area contributed by atoms with Crippen LogP contribution in [0.5, 0.6) is 0 Å². The Morgan fingerprint density at radius 2 is 2.05 bits per heavy atom. The number of hydrogen-bond acceptors (Lipinski definition) is 4. The summed E-state index contributed by atoms with van der Waals surface area (Å²) in [6, 6.07) is 5.13. The van der Waals surface area contributed by atoms with E-state index in [-0.39, 0.29) is 10.9 Å². The van der Waals surface area contributed by atoms with Crippen LogP contribution in [-0.4, -0.2) is 19.4 Å². The van der Waals surface area contributed by atoms with E-state index in [2.05, 4.69) is 9.71 Å². The molecule has 0 aliphatic carbocycles. The topological polar surface area (TPSA) is 72.2 Å². The summed E-state index contributed by atoms with van der Waals surface area (Å²) in [5, 5.41) is 0. The lowest BCUT2D eigenvalue weighted by Gasteiger charge is -2.14. The van der Waals surface area contributed by atoms with Gasteiger partial charge in [0.1, 0.15) is 0 Å². The van der Waals surface area contributed by atoms with Crippen LogP contribution in [0.2, 0.25) is 0 Å². The molecule has 0 saturated carbocycles. The van der Waals surface area contributed by atoms with Crippen LogP contribution in [0.15, 0.2) is 33.7 Å². The minimum atomic E-state index is -3.54. The van der Waals surface area contributed by atoms with Gasteiger partial charge in [0, 0.05) is 18.5 Å². The van der Waals surface area contributed by atoms with Crippen molar-refractivity contribution in [2.75, 3.05) is 0 Å². The normalized spacial score (nSPS) is 13.3. The summed E-state index contributed by atoms with van der Waals surface area (Å²) >= 11 is 0. The fourth-order valence-electron chi connectivity index (χ4n) is 1.95. The van der Waals surface area contributed by atoms with E-state index in [1.165, 1.54) is 0 Å². The van der Waals surface area contributed by atoms with Crippen molar-refractivity contribution in [2.24, 2.45) is 0 Å². The highest BCUT2D eigenvalue weighted by molar-refractivity contribution is 7.89. The van der Waals surface area contributed by atoms with Crippen molar-refractivity contribution in [1.29, 1.82) is 0 Å². The Labute approximate surface area is 125 Å². The lowest BCUT2D eigenvalue weighted by molar-refractivity contribution is 0.534. The number of hydrogen-bond donors (Lipinski definition) is 1. The van der Waals surface area contributed by atoms with Gasteiger partial charge in [-0.05, 0) is 31.9 Å². The first-order valence-electron chi connectivity index (χ1n) is 6.89. The molecule has 0 fully saturated rings. The number of nitrogens with one attached hydrogen (secondary N) is 1. The van der Waals surface area contributed by atoms with E-state index in [9.17, 15) is 8.42 Å². The molecule has 0 bridgehead atoms. The molecule has 0 spiro atoms. The maximum absolute atomic E-state index is 12.5. The quantitative estimate of drug-likeness (QED) is 0.921. The summed E-state index contributed by atoms with van der Waals surface area (Å²) in [6.07, 6.45) is 2.33. The summed E-state index contributed by atoms with van der Waals surface area (Å²) in [5.74, 6) is 1.11. The van der Waals surface area contributed by atoms with Crippen molar-refractivity contribution in [2.45, 2.75) is 45.1 Å². The number of aromatic nitrogens is 1. The minimum Gasteiger partial charge on any atom is -0.441 e. The van der Waals surface area contributed by atoms with Gasteiger partial charge in [0.15, 0.2) is 11.7 Å². The largest absolute Gasteiger partial charge is 0.441 e. The molecule has 0 amide bonds. The Balaban J connectivity index is 2.44. The molecule has 1 heterocycles. The van der Waals surface area contributed by atoms with E-state index in [1.54, 1.807) is 32.2 Å². The Hall–Kier alpha value is -1.66. The van der Waals surface area contributed by atoms with E-state index in [0.29, 0.717) is 22.8 Å². The molecule has 21 heavy (non-hydrogen) atoms. The molecule has 114 valence electrons. The second kappa shape index (κ2) is 5.99. The van der Waals surface area contributed by atoms with Gasteiger partial charge in [0.2, 0.25) is 10.0 Å². The second-order valence-corrected chi connectivity index (χ2v) is 6.84. The smallest absolute Gasteiger partial charge is 0.241 e. The van der Waals surface area contributed by atoms with E-state index >= 15 is 0 Å². The van der Waals surface area contributed by atoms with Crippen LogP contribution >= 0.6 is 0 Å². The number of sulfonamides is 1. The summed E-state index contributed by atoms with van der Waals surface area (Å²) in [6.45, 7) is 7.31. The van der Waals surface area contributed by atoms with Gasteiger partial charge in [-0.25, -0.2) is 18.1 Å². The summed E-state index contributed by atoms with van der Waals surface area (Å²) in [5.41, 5.74) is 1.40. The van der Waals surface area contributed by atoms with Gasteiger partial charge in [-0.15, -0.1) is 0 Å². The second-order valence-electron chi connectivity index (χ2n) is 5.15. The first-order chi connectivity index (χ1) is 9.83. The van der Waals surface area contributed by atoms with Gasteiger partial charge in [0.05, 0.1) is 11.1 Å². The SMILES string of the molecule is CC[C@@H](C)NS(=O)(=O)c1cc(-c2cnc(C)o2)ccc1C. The highest BCUT2D eigenvalue weighted by Crippen LogP contribution is 2.25. The standard InChI is InChI=1S/C15H20N2O3S/c1-5-11(3)17-21(18,19)15-8-13(7-6-10(15)2)14-9-16-12(4)20-14/h6-9,11,17H,5H2,1-4H3/t11-/m1/s1. The van der Waals surface area contributed by atoms with Gasteiger partial charge in [-0.2, -0.15) is 0 Å². The zero-order valence-electron chi connectivity index (χ0n) is 12.7. The molecule has 0 aliphatic rings. The van der Waals surface area contributed by atoms with Gasteiger partial charge in [0.25, 0.3) is 0 Å². The number of nitrogens with zero attached hydrogens (tertiary/aromatic N) is 1. The average Bonchev–Trinajstić information content (AvgIpc) is 2.85. The lowest BCUT2D eigenvalue weighted by Crippen LogP contribution is -2.32. The summed E-state index contributed by atoms with van der Waals surface area (Å²) in [4.78, 5) is 4.31. The molecule has 1 atom stereocenters. The van der Waals surface area contributed by atoms with Crippen LogP contribution in [0.1, 0.15) is 31.7 Å². The number of benzene rings is 1. The molecule has 2 rings (SSSR count). The maximum atomic E-state index is 12.5. The van der Waals surface area contributed by atoms with Crippen LogP contribution in [0.4, 0.5) is 0 Å². The van der Waals surface area contributed by atoms with Crippen molar-refractivity contribution < 1.29 is 12.8 Å². The van der Waals surface area contributed by atoms with Crippen molar-refractivity contribution in [3.05, 3.63) is 35.9 Å². The van der Waals surface area contributed by atoms with Gasteiger partial charge in [-0.1, -0.05) is 19.1 Å². The summed E-state index contributed by atoms with van der Waals surface area (Å²) in [7, 11) is -3.54. The van der Waals surface area contributed by atoms with Crippen LogP contribution in [0, 0.1) is 13.8 Å². The fourth-order valence-corrected chi connectivity index (χ4v) is 3.55. The Kier molecular flexibility index (Phi) is 4.49. The number of rotatable bonds is 5. The highest BCUT2D eigenvalue weighted by Gasteiger charge is 2.20. The molecule has 2 aromatic rings. The molecule has 1 aromatic heterocycles. The van der Waals surface area contributed by atoms with Gasteiger partial charge >= 0.3 is 0 Å². The van der Waals surface area contributed by atoms with E-state index < -0.39 is 10.0 Å². The molecule has 5 nitrogen and oxygen atoms in total. The number of oxazole rings is 1. The van der Waals surface area contributed by atoms with Crippen LogP contribution in [0.3, 0.4) is 0 Å². The van der Waals surface area contributed by atoms with E-state index in [4.69, 9.17) is 4.42 Å². The predicted molar refractivity (Wildman–Crippen MR) is 81.5 cm³/mol. The van der Waals surface area contributed by atoms with E-state index in [1.807, 2.05) is 19.9 Å². The van der Waals surface area contributed by atoms with Crippen molar-refractivity contribution in [3.8, 4) is 11.3 Å².